The molecule has 2 heterocycles. The molecule has 3 aromatic carbocycles. The number of benzene rings is 3. The summed E-state index contributed by atoms with van der Waals surface area (Å²) in [4.78, 5) is 22.5. The maximum Gasteiger partial charge on any atom is 0.244 e. The molecule has 0 aliphatic heterocycles. The SMILES string of the molecule is Cc1cc(C)cc(NC(=O)Cn2c3ccccc3c3nc4ccccc4nc32)c1. The molecule has 0 radical (unpaired) electrons. The molecule has 0 atom stereocenters. The van der Waals surface area contributed by atoms with Gasteiger partial charge in [-0.15, -0.1) is 0 Å². The molecular formula is C24H20N4O. The second-order valence-electron chi connectivity index (χ2n) is 7.41. The van der Waals surface area contributed by atoms with Crippen LogP contribution in [0, 0.1) is 13.8 Å². The monoisotopic (exact) mass is 380 g/mol. The molecule has 2 aromatic heterocycles. The minimum atomic E-state index is -0.0902. The lowest BCUT2D eigenvalue weighted by Crippen LogP contribution is -2.19. The molecule has 0 fully saturated rings. The van der Waals surface area contributed by atoms with Crippen molar-refractivity contribution < 1.29 is 4.79 Å². The molecule has 0 unspecified atom stereocenters. The van der Waals surface area contributed by atoms with E-state index in [2.05, 4.69) is 11.4 Å². The summed E-state index contributed by atoms with van der Waals surface area (Å²) in [5, 5.41) is 4.02. The van der Waals surface area contributed by atoms with Crippen molar-refractivity contribution >= 4 is 44.7 Å². The predicted octanol–water partition coefficient (Wildman–Crippen LogP) is 4.99. The number of para-hydroxylation sites is 3. The van der Waals surface area contributed by atoms with E-state index in [1.165, 1.54) is 0 Å². The molecule has 0 saturated carbocycles. The van der Waals surface area contributed by atoms with E-state index in [9.17, 15) is 4.79 Å². The topological polar surface area (TPSA) is 59.8 Å². The van der Waals surface area contributed by atoms with Crippen molar-refractivity contribution in [2.45, 2.75) is 20.4 Å². The third-order valence-corrected chi connectivity index (χ3v) is 5.06. The maximum atomic E-state index is 12.9. The lowest BCUT2D eigenvalue weighted by molar-refractivity contribution is -0.116. The number of nitrogens with zero attached hydrogens (tertiary/aromatic N) is 3. The summed E-state index contributed by atoms with van der Waals surface area (Å²) in [6, 6.07) is 21.8. The van der Waals surface area contributed by atoms with E-state index < -0.39 is 0 Å². The van der Waals surface area contributed by atoms with Crippen molar-refractivity contribution in [3.8, 4) is 0 Å². The van der Waals surface area contributed by atoms with Crippen LogP contribution in [-0.4, -0.2) is 20.4 Å². The second kappa shape index (κ2) is 6.71. The van der Waals surface area contributed by atoms with E-state index in [1.807, 2.05) is 79.1 Å². The van der Waals surface area contributed by atoms with Crippen molar-refractivity contribution in [3.63, 3.8) is 0 Å². The number of carbonyl (C=O) groups is 1. The van der Waals surface area contributed by atoms with Gasteiger partial charge < -0.3 is 9.88 Å². The van der Waals surface area contributed by atoms with Gasteiger partial charge in [0.1, 0.15) is 12.1 Å². The minimum absolute atomic E-state index is 0.0902. The number of amides is 1. The van der Waals surface area contributed by atoms with Gasteiger partial charge in [-0.25, -0.2) is 9.97 Å². The number of hydrogen-bond donors (Lipinski definition) is 1. The largest absolute Gasteiger partial charge is 0.325 e. The zero-order chi connectivity index (χ0) is 20.0. The van der Waals surface area contributed by atoms with E-state index in [0.29, 0.717) is 0 Å². The van der Waals surface area contributed by atoms with Gasteiger partial charge in [-0.1, -0.05) is 36.4 Å². The van der Waals surface area contributed by atoms with Crippen molar-refractivity contribution in [2.75, 3.05) is 5.32 Å². The molecule has 0 saturated heterocycles. The van der Waals surface area contributed by atoms with E-state index in [1.54, 1.807) is 0 Å². The van der Waals surface area contributed by atoms with Gasteiger partial charge in [-0.05, 0) is 55.3 Å². The summed E-state index contributed by atoms with van der Waals surface area (Å²) in [6.45, 7) is 4.22. The highest BCUT2D eigenvalue weighted by molar-refractivity contribution is 6.07. The quantitative estimate of drug-likeness (QED) is 0.479. The van der Waals surface area contributed by atoms with Crippen LogP contribution in [-0.2, 0) is 11.3 Å². The molecule has 0 bridgehead atoms. The first-order chi connectivity index (χ1) is 14.1. The van der Waals surface area contributed by atoms with E-state index in [4.69, 9.17) is 9.97 Å². The molecule has 5 aromatic rings. The summed E-state index contributed by atoms with van der Waals surface area (Å²) >= 11 is 0. The number of fused-ring (bicyclic) bond motifs is 4. The molecule has 5 heteroatoms. The Labute approximate surface area is 168 Å². The molecule has 0 aliphatic carbocycles. The molecule has 5 nitrogen and oxygen atoms in total. The van der Waals surface area contributed by atoms with Crippen LogP contribution in [0.1, 0.15) is 11.1 Å². The highest BCUT2D eigenvalue weighted by atomic mass is 16.1. The number of hydrogen-bond acceptors (Lipinski definition) is 3. The Kier molecular flexibility index (Phi) is 4.02. The smallest absolute Gasteiger partial charge is 0.244 e. The van der Waals surface area contributed by atoms with Crippen molar-refractivity contribution in [1.29, 1.82) is 0 Å². The van der Waals surface area contributed by atoms with Crippen molar-refractivity contribution in [3.05, 3.63) is 77.9 Å². The van der Waals surface area contributed by atoms with Crippen LogP contribution in [0.2, 0.25) is 0 Å². The average molecular weight is 380 g/mol. The first kappa shape index (κ1) is 17.4. The van der Waals surface area contributed by atoms with Crippen LogP contribution in [0.3, 0.4) is 0 Å². The average Bonchev–Trinajstić information content (AvgIpc) is 2.98. The number of aryl methyl sites for hydroxylation is 2. The highest BCUT2D eigenvalue weighted by Gasteiger charge is 2.16. The molecule has 0 spiro atoms. The number of anilines is 1. The third kappa shape index (κ3) is 3.10. The first-order valence-electron chi connectivity index (χ1n) is 9.60. The van der Waals surface area contributed by atoms with E-state index in [-0.39, 0.29) is 12.5 Å². The highest BCUT2D eigenvalue weighted by Crippen LogP contribution is 2.28. The molecule has 29 heavy (non-hydrogen) atoms. The van der Waals surface area contributed by atoms with Crippen LogP contribution in [0.25, 0.3) is 33.1 Å². The molecular weight excluding hydrogens is 360 g/mol. The second-order valence-corrected chi connectivity index (χ2v) is 7.41. The summed E-state index contributed by atoms with van der Waals surface area (Å²) in [5.41, 5.74) is 7.21. The fourth-order valence-electron chi connectivity index (χ4n) is 3.93. The molecule has 0 aliphatic rings. The van der Waals surface area contributed by atoms with Crippen LogP contribution in [0.4, 0.5) is 5.69 Å². The van der Waals surface area contributed by atoms with Crippen LogP contribution in [0.15, 0.2) is 66.7 Å². The molecule has 142 valence electrons. The van der Waals surface area contributed by atoms with Gasteiger partial charge in [0, 0.05) is 11.1 Å². The normalized spacial score (nSPS) is 11.4. The van der Waals surface area contributed by atoms with Gasteiger partial charge in [-0.3, -0.25) is 4.79 Å². The molecule has 1 N–H and O–H groups in total. The Morgan fingerprint density at radius 2 is 1.55 bits per heavy atom. The predicted molar refractivity (Wildman–Crippen MR) is 117 cm³/mol. The molecule has 1 amide bonds. The van der Waals surface area contributed by atoms with Crippen LogP contribution in [0.5, 0.6) is 0 Å². The fourth-order valence-corrected chi connectivity index (χ4v) is 3.93. The van der Waals surface area contributed by atoms with Gasteiger partial charge >= 0.3 is 0 Å². The first-order valence-corrected chi connectivity index (χ1v) is 9.60. The Bertz CT molecular complexity index is 1380. The summed E-state index contributed by atoms with van der Waals surface area (Å²) in [5.74, 6) is -0.0902. The lowest BCUT2D eigenvalue weighted by Gasteiger charge is -2.10. The van der Waals surface area contributed by atoms with Gasteiger partial charge in [-0.2, -0.15) is 0 Å². The minimum Gasteiger partial charge on any atom is -0.325 e. The number of aromatic nitrogens is 3. The van der Waals surface area contributed by atoms with Crippen LogP contribution < -0.4 is 5.32 Å². The summed E-state index contributed by atoms with van der Waals surface area (Å²) in [7, 11) is 0. The van der Waals surface area contributed by atoms with E-state index >= 15 is 0 Å². The Hall–Kier alpha value is -3.73. The van der Waals surface area contributed by atoms with Gasteiger partial charge in [0.05, 0.1) is 16.6 Å². The van der Waals surface area contributed by atoms with E-state index in [0.717, 1.165) is 49.9 Å². The Morgan fingerprint density at radius 1 is 0.897 bits per heavy atom. The zero-order valence-corrected chi connectivity index (χ0v) is 16.3. The fraction of sp³-hybridized carbons (Fsp3) is 0.125. The van der Waals surface area contributed by atoms with Gasteiger partial charge in [0.25, 0.3) is 0 Å². The van der Waals surface area contributed by atoms with Crippen molar-refractivity contribution in [2.24, 2.45) is 0 Å². The Balaban J connectivity index is 1.61. The Morgan fingerprint density at radius 3 is 2.31 bits per heavy atom. The number of rotatable bonds is 3. The number of nitrogens with one attached hydrogen (secondary N) is 1. The summed E-state index contributed by atoms with van der Waals surface area (Å²) in [6.07, 6.45) is 0. The van der Waals surface area contributed by atoms with Gasteiger partial charge in [0.15, 0.2) is 5.65 Å². The van der Waals surface area contributed by atoms with Crippen molar-refractivity contribution in [1.82, 2.24) is 14.5 Å². The van der Waals surface area contributed by atoms with Crippen LogP contribution >= 0.6 is 0 Å². The molecule has 5 rings (SSSR count). The third-order valence-electron chi connectivity index (χ3n) is 5.06. The maximum absolute atomic E-state index is 12.9. The lowest BCUT2D eigenvalue weighted by atomic mass is 10.1. The number of carbonyl (C=O) groups excluding carboxylic acids is 1. The zero-order valence-electron chi connectivity index (χ0n) is 16.3. The van der Waals surface area contributed by atoms with Gasteiger partial charge in [0.2, 0.25) is 5.91 Å². The summed E-state index contributed by atoms with van der Waals surface area (Å²) < 4.78 is 1.95. The standard InChI is InChI=1S/C24H20N4O/c1-15-11-16(2)13-17(12-15)25-22(29)14-28-21-10-6-3-7-18(21)23-24(28)27-20-9-5-4-8-19(20)26-23/h3-13H,14H2,1-2H3,(H,25,29).